The van der Waals surface area contributed by atoms with Gasteiger partial charge in [0.25, 0.3) is 5.91 Å². The molecule has 0 saturated carbocycles. The minimum Gasteiger partial charge on any atom is -0.382 e. The highest BCUT2D eigenvalue weighted by Gasteiger charge is 2.28. The number of hydrogen-bond donors (Lipinski definition) is 2. The van der Waals surface area contributed by atoms with Crippen molar-refractivity contribution in [3.8, 4) is 0 Å². The number of hydrogen-bond acceptors (Lipinski definition) is 5. The Morgan fingerprint density at radius 2 is 1.76 bits per heavy atom. The summed E-state index contributed by atoms with van der Waals surface area (Å²) in [5.41, 5.74) is 3.26. The molecule has 2 aromatic rings. The maximum absolute atomic E-state index is 12.4. The highest BCUT2D eigenvalue weighted by molar-refractivity contribution is 7.88. The van der Waals surface area contributed by atoms with E-state index in [2.05, 4.69) is 15.2 Å². The first-order valence-electron chi connectivity index (χ1n) is 9.46. The maximum atomic E-state index is 12.4. The van der Waals surface area contributed by atoms with E-state index in [1.54, 1.807) is 26.0 Å². The third-order valence-corrected chi connectivity index (χ3v) is 5.87. The van der Waals surface area contributed by atoms with Crippen molar-refractivity contribution in [3.63, 3.8) is 0 Å². The Hall–Kier alpha value is -2.71. The molecule has 2 aromatic carbocycles. The Bertz CT molecular complexity index is 971. The molecule has 0 saturated heterocycles. The topological polar surface area (TPSA) is 96.9 Å². The van der Waals surface area contributed by atoms with E-state index in [9.17, 15) is 13.2 Å². The first-order valence-corrected chi connectivity index (χ1v) is 11.1. The second-order valence-electron chi connectivity index (χ2n) is 7.27. The fourth-order valence-electron chi connectivity index (χ4n) is 3.00. The van der Waals surface area contributed by atoms with Crippen LogP contribution in [-0.2, 0) is 32.0 Å². The molecule has 2 N–H and O–H groups in total. The molecular formula is C21H25N3O4S. The summed E-state index contributed by atoms with van der Waals surface area (Å²) in [7, 11) is -3.36. The zero-order chi connectivity index (χ0) is 20.9. The summed E-state index contributed by atoms with van der Waals surface area (Å²) in [6.45, 7) is 3.90. The van der Waals surface area contributed by atoms with E-state index < -0.39 is 16.1 Å². The maximum Gasteiger partial charge on any atom is 0.264 e. The lowest BCUT2D eigenvalue weighted by Crippen LogP contribution is -2.34. The van der Waals surface area contributed by atoms with E-state index in [-0.39, 0.29) is 17.7 Å². The first kappa shape index (κ1) is 21.0. The quantitative estimate of drug-likeness (QED) is 0.691. The number of rotatable bonds is 8. The molecule has 0 fully saturated rings. The van der Waals surface area contributed by atoms with Gasteiger partial charge in [0.2, 0.25) is 16.1 Å². The molecule has 0 bridgehead atoms. The van der Waals surface area contributed by atoms with Crippen LogP contribution in [0.3, 0.4) is 0 Å². The lowest BCUT2D eigenvalue weighted by atomic mass is 10.0. The lowest BCUT2D eigenvalue weighted by Gasteiger charge is -2.11. The standard InChI is InChI=1S/C21H25N3O4S/c1-15(2)24-29(26,27)14-17-10-8-16(9-11-17)13-22-21(25)20-12-19(23-28-20)18-6-4-3-5-7-18/h3-11,15,20,24H,12-14H2,1-2H3,(H,22,25). The predicted octanol–water partition coefficient (Wildman–Crippen LogP) is 2.32. The largest absolute Gasteiger partial charge is 0.382 e. The van der Waals surface area contributed by atoms with Gasteiger partial charge in [-0.2, -0.15) is 0 Å². The molecule has 3 rings (SSSR count). The van der Waals surface area contributed by atoms with Crippen LogP contribution in [-0.4, -0.2) is 32.2 Å². The molecule has 1 atom stereocenters. The van der Waals surface area contributed by atoms with Crippen molar-refractivity contribution >= 4 is 21.6 Å². The number of carbonyl (C=O) groups excluding carboxylic acids is 1. The number of amides is 1. The van der Waals surface area contributed by atoms with Gasteiger partial charge in [-0.1, -0.05) is 59.8 Å². The third kappa shape index (κ3) is 6.13. The highest BCUT2D eigenvalue weighted by Crippen LogP contribution is 2.17. The van der Waals surface area contributed by atoms with Crippen LogP contribution in [0.25, 0.3) is 0 Å². The Kier molecular flexibility index (Phi) is 6.66. The van der Waals surface area contributed by atoms with Crippen molar-refractivity contribution in [1.29, 1.82) is 0 Å². The number of oxime groups is 1. The molecule has 1 aliphatic rings. The number of benzene rings is 2. The monoisotopic (exact) mass is 415 g/mol. The smallest absolute Gasteiger partial charge is 0.264 e. The molecule has 1 unspecified atom stereocenters. The molecule has 1 amide bonds. The summed E-state index contributed by atoms with van der Waals surface area (Å²) in [4.78, 5) is 17.6. The summed E-state index contributed by atoms with van der Waals surface area (Å²) < 4.78 is 26.5. The van der Waals surface area contributed by atoms with Crippen LogP contribution in [0.2, 0.25) is 0 Å². The summed E-state index contributed by atoms with van der Waals surface area (Å²) >= 11 is 0. The Morgan fingerprint density at radius 3 is 2.41 bits per heavy atom. The molecular weight excluding hydrogens is 390 g/mol. The molecule has 1 aliphatic heterocycles. The Morgan fingerprint density at radius 1 is 1.10 bits per heavy atom. The average Bonchev–Trinajstić information content (AvgIpc) is 3.17. The summed E-state index contributed by atoms with van der Waals surface area (Å²) in [5.74, 6) is -0.305. The second-order valence-corrected chi connectivity index (χ2v) is 9.02. The molecule has 0 aromatic heterocycles. The molecule has 1 heterocycles. The van der Waals surface area contributed by atoms with Crippen molar-refractivity contribution in [2.75, 3.05) is 0 Å². The zero-order valence-corrected chi connectivity index (χ0v) is 17.3. The molecule has 8 heteroatoms. The van der Waals surface area contributed by atoms with Crippen LogP contribution >= 0.6 is 0 Å². The average molecular weight is 416 g/mol. The molecule has 154 valence electrons. The predicted molar refractivity (Wildman–Crippen MR) is 112 cm³/mol. The second kappa shape index (κ2) is 9.19. The Labute approximate surface area is 171 Å². The van der Waals surface area contributed by atoms with Crippen LogP contribution in [0.15, 0.2) is 59.8 Å². The van der Waals surface area contributed by atoms with Gasteiger partial charge in [-0.05, 0) is 30.5 Å². The SMILES string of the molecule is CC(C)NS(=O)(=O)Cc1ccc(CNC(=O)C2CC(c3ccccc3)=NO2)cc1. The first-order chi connectivity index (χ1) is 13.8. The van der Waals surface area contributed by atoms with Crippen LogP contribution < -0.4 is 10.0 Å². The van der Waals surface area contributed by atoms with Crippen molar-refractivity contribution in [2.24, 2.45) is 5.16 Å². The highest BCUT2D eigenvalue weighted by atomic mass is 32.2. The number of nitrogens with zero attached hydrogens (tertiary/aromatic N) is 1. The van der Waals surface area contributed by atoms with Gasteiger partial charge in [-0.15, -0.1) is 0 Å². The van der Waals surface area contributed by atoms with E-state index >= 15 is 0 Å². The van der Waals surface area contributed by atoms with Crippen molar-refractivity contribution in [3.05, 3.63) is 71.3 Å². The van der Waals surface area contributed by atoms with E-state index in [0.29, 0.717) is 18.5 Å². The van der Waals surface area contributed by atoms with Gasteiger partial charge in [0.1, 0.15) is 0 Å². The van der Waals surface area contributed by atoms with E-state index in [1.807, 2.05) is 42.5 Å². The van der Waals surface area contributed by atoms with Crippen LogP contribution in [0.1, 0.15) is 37.0 Å². The lowest BCUT2D eigenvalue weighted by molar-refractivity contribution is -0.131. The van der Waals surface area contributed by atoms with Gasteiger partial charge in [0.15, 0.2) is 0 Å². The molecule has 0 spiro atoms. The molecule has 0 aliphatic carbocycles. The molecule has 7 nitrogen and oxygen atoms in total. The van der Waals surface area contributed by atoms with Crippen molar-refractivity contribution in [1.82, 2.24) is 10.0 Å². The van der Waals surface area contributed by atoms with Crippen LogP contribution in [0, 0.1) is 0 Å². The number of sulfonamides is 1. The summed E-state index contributed by atoms with van der Waals surface area (Å²) in [6.07, 6.45) is -0.216. The molecule has 29 heavy (non-hydrogen) atoms. The minimum atomic E-state index is -3.36. The van der Waals surface area contributed by atoms with Crippen LogP contribution in [0.5, 0.6) is 0 Å². The Balaban J connectivity index is 1.49. The summed E-state index contributed by atoms with van der Waals surface area (Å²) in [6, 6.07) is 16.6. The number of carbonyl (C=O) groups is 1. The fourth-order valence-corrected chi connectivity index (χ4v) is 4.43. The fraction of sp³-hybridized carbons (Fsp3) is 0.333. The van der Waals surface area contributed by atoms with Gasteiger partial charge < -0.3 is 10.2 Å². The van der Waals surface area contributed by atoms with Crippen molar-refractivity contribution in [2.45, 2.75) is 44.7 Å². The third-order valence-electron chi connectivity index (χ3n) is 4.33. The van der Waals surface area contributed by atoms with Gasteiger partial charge >= 0.3 is 0 Å². The minimum absolute atomic E-state index is 0.0761. The van der Waals surface area contributed by atoms with Gasteiger partial charge in [0.05, 0.1) is 11.5 Å². The number of nitrogens with one attached hydrogen (secondary N) is 2. The zero-order valence-electron chi connectivity index (χ0n) is 16.5. The molecule has 0 radical (unpaired) electrons. The van der Waals surface area contributed by atoms with Gasteiger partial charge in [0, 0.05) is 19.0 Å². The van der Waals surface area contributed by atoms with Crippen LogP contribution in [0.4, 0.5) is 0 Å². The van der Waals surface area contributed by atoms with E-state index in [0.717, 1.165) is 16.8 Å². The van der Waals surface area contributed by atoms with E-state index in [1.165, 1.54) is 0 Å². The normalized spacial score (nSPS) is 16.4. The van der Waals surface area contributed by atoms with Gasteiger partial charge in [-0.3, -0.25) is 4.79 Å². The van der Waals surface area contributed by atoms with E-state index in [4.69, 9.17) is 4.84 Å². The summed E-state index contributed by atoms with van der Waals surface area (Å²) in [5, 5.41) is 6.86. The van der Waals surface area contributed by atoms with Crippen molar-refractivity contribution < 1.29 is 18.0 Å². The van der Waals surface area contributed by atoms with Gasteiger partial charge in [-0.25, -0.2) is 13.1 Å².